The van der Waals surface area contributed by atoms with E-state index in [1.54, 1.807) is 28.2 Å². The van der Waals surface area contributed by atoms with E-state index in [2.05, 4.69) is 41.3 Å². The van der Waals surface area contributed by atoms with Crippen LogP contribution >= 0.6 is 11.8 Å². The van der Waals surface area contributed by atoms with Crippen molar-refractivity contribution in [2.45, 2.75) is 22.8 Å². The first-order valence-electron chi connectivity index (χ1n) is 9.51. The van der Waals surface area contributed by atoms with Gasteiger partial charge in [-0.15, -0.1) is 11.8 Å². The Morgan fingerprint density at radius 3 is 2.17 bits per heavy atom. The molecule has 1 aliphatic rings. The molecule has 1 saturated heterocycles. The van der Waals surface area contributed by atoms with Gasteiger partial charge >= 0.3 is 0 Å². The fraction of sp³-hybridized carbons (Fsp3) is 0.217. The molecule has 4 rings (SSSR count). The van der Waals surface area contributed by atoms with Crippen molar-refractivity contribution < 1.29 is 8.42 Å². The Bertz CT molecular complexity index is 1070. The summed E-state index contributed by atoms with van der Waals surface area (Å²) in [5.41, 5.74) is 3.18. The number of rotatable bonds is 5. The van der Waals surface area contributed by atoms with Gasteiger partial charge in [-0.25, -0.2) is 8.42 Å². The van der Waals surface area contributed by atoms with Gasteiger partial charge in [0.1, 0.15) is 0 Å². The average Bonchev–Trinajstić information content (AvgIpc) is 3.21. The molecule has 0 aromatic heterocycles. The first-order valence-corrected chi connectivity index (χ1v) is 12.2. The smallest absolute Gasteiger partial charge is 0.244 e. The summed E-state index contributed by atoms with van der Waals surface area (Å²) in [6, 6.07) is 25.5. The van der Waals surface area contributed by atoms with Gasteiger partial charge in [-0.2, -0.15) is 4.31 Å². The van der Waals surface area contributed by atoms with Crippen LogP contribution in [0.25, 0.3) is 0 Å². The molecule has 3 aromatic rings. The highest BCUT2D eigenvalue weighted by atomic mass is 32.2. The van der Waals surface area contributed by atoms with Crippen molar-refractivity contribution in [3.8, 4) is 0 Å². The van der Waals surface area contributed by atoms with Crippen molar-refractivity contribution in [1.29, 1.82) is 0 Å². The van der Waals surface area contributed by atoms with E-state index in [0.717, 1.165) is 16.8 Å². The van der Waals surface area contributed by atoms with Crippen LogP contribution in [0, 0.1) is 6.92 Å². The highest BCUT2D eigenvalue weighted by molar-refractivity contribution is 7.98. The fourth-order valence-corrected chi connectivity index (χ4v) is 5.45. The van der Waals surface area contributed by atoms with Crippen LogP contribution in [0.5, 0.6) is 0 Å². The van der Waals surface area contributed by atoms with Crippen molar-refractivity contribution in [2.75, 3.05) is 24.4 Å². The zero-order chi connectivity index (χ0) is 20.4. The Hall–Kier alpha value is -2.28. The average molecular weight is 425 g/mol. The third kappa shape index (κ3) is 4.06. The minimum atomic E-state index is -3.56. The largest absolute Gasteiger partial charge is 0.349 e. The second kappa shape index (κ2) is 8.22. The number of hydrogen-bond acceptors (Lipinski definition) is 4. The van der Waals surface area contributed by atoms with Gasteiger partial charge in [0.2, 0.25) is 10.0 Å². The van der Waals surface area contributed by atoms with E-state index in [-0.39, 0.29) is 6.04 Å². The van der Waals surface area contributed by atoms with Crippen LogP contribution in [0.15, 0.2) is 88.7 Å². The number of aryl methyl sites for hydroxylation is 1. The van der Waals surface area contributed by atoms with E-state index >= 15 is 0 Å². The van der Waals surface area contributed by atoms with Crippen molar-refractivity contribution >= 4 is 27.5 Å². The highest BCUT2D eigenvalue weighted by Gasteiger charge is 2.38. The summed E-state index contributed by atoms with van der Waals surface area (Å²) in [4.78, 5) is 3.70. The number of hydrogen-bond donors (Lipinski definition) is 0. The van der Waals surface area contributed by atoms with Gasteiger partial charge in [0.05, 0.1) is 17.6 Å². The molecule has 1 unspecified atom stereocenters. The molecular weight excluding hydrogens is 400 g/mol. The maximum atomic E-state index is 13.3. The van der Waals surface area contributed by atoms with E-state index in [1.807, 2.05) is 43.5 Å². The molecule has 1 atom stereocenters. The number of sulfonamides is 1. The van der Waals surface area contributed by atoms with Crippen LogP contribution in [0.3, 0.4) is 0 Å². The molecule has 0 N–H and O–H groups in total. The lowest BCUT2D eigenvalue weighted by molar-refractivity contribution is 0.473. The quantitative estimate of drug-likeness (QED) is 0.545. The summed E-state index contributed by atoms with van der Waals surface area (Å²) in [6.07, 6.45) is 2.05. The lowest BCUT2D eigenvalue weighted by Crippen LogP contribution is -2.31. The van der Waals surface area contributed by atoms with Crippen molar-refractivity contribution in [2.24, 2.45) is 0 Å². The minimum absolute atomic E-state index is 0.0310. The first-order chi connectivity index (χ1) is 14.0. The molecule has 0 spiro atoms. The lowest BCUT2D eigenvalue weighted by atomic mass is 10.1. The minimum Gasteiger partial charge on any atom is -0.349 e. The van der Waals surface area contributed by atoms with Crippen molar-refractivity contribution in [3.63, 3.8) is 0 Å². The fourth-order valence-electron chi connectivity index (χ4n) is 3.65. The molecule has 0 amide bonds. The third-order valence-electron chi connectivity index (χ3n) is 5.31. The molecule has 0 bridgehead atoms. The zero-order valence-corrected chi connectivity index (χ0v) is 18.2. The molecule has 1 fully saturated rings. The summed E-state index contributed by atoms with van der Waals surface area (Å²) in [6.45, 7) is 2.70. The van der Waals surface area contributed by atoms with Gasteiger partial charge in [0.25, 0.3) is 0 Å². The molecule has 3 aromatic carbocycles. The van der Waals surface area contributed by atoms with Crippen LogP contribution in [0.2, 0.25) is 0 Å². The number of anilines is 1. The van der Waals surface area contributed by atoms with E-state index < -0.39 is 10.0 Å². The number of thioether (sulfide) groups is 1. The Morgan fingerprint density at radius 1 is 0.897 bits per heavy atom. The van der Waals surface area contributed by atoms with E-state index in [4.69, 9.17) is 0 Å². The van der Waals surface area contributed by atoms with Gasteiger partial charge in [0.15, 0.2) is 0 Å². The van der Waals surface area contributed by atoms with Crippen LogP contribution in [-0.2, 0) is 10.0 Å². The molecule has 0 saturated carbocycles. The summed E-state index contributed by atoms with van der Waals surface area (Å²) in [7, 11) is -3.56. The molecular formula is C23H24N2O2S2. The van der Waals surface area contributed by atoms with Crippen LogP contribution in [-0.4, -0.2) is 32.2 Å². The lowest BCUT2D eigenvalue weighted by Gasteiger charge is -2.26. The first kappa shape index (κ1) is 20.0. The second-order valence-corrected chi connectivity index (χ2v) is 10.0. The predicted molar refractivity (Wildman–Crippen MR) is 120 cm³/mol. The van der Waals surface area contributed by atoms with Gasteiger partial charge < -0.3 is 4.90 Å². The van der Waals surface area contributed by atoms with Crippen LogP contribution < -0.4 is 4.90 Å². The summed E-state index contributed by atoms with van der Waals surface area (Å²) in [5, 5.41) is 0. The number of nitrogens with zero attached hydrogens (tertiary/aromatic N) is 2. The van der Waals surface area contributed by atoms with Crippen molar-refractivity contribution in [3.05, 3.63) is 90.0 Å². The zero-order valence-electron chi connectivity index (χ0n) is 16.5. The maximum Gasteiger partial charge on any atom is 0.244 e. The predicted octanol–water partition coefficient (Wildman–Crippen LogP) is 4.93. The Kier molecular flexibility index (Phi) is 5.67. The topological polar surface area (TPSA) is 40.6 Å². The standard InChI is InChI=1S/C23H24N2O2S2/c1-18-8-14-22(15-9-18)29(26,27)24-16-23(19-6-4-3-5-7-19)25(17-24)20-10-12-21(28-2)13-11-20/h3-15,23H,16-17H2,1-2H3. The summed E-state index contributed by atoms with van der Waals surface area (Å²) < 4.78 is 28.2. The van der Waals surface area contributed by atoms with Crippen LogP contribution in [0.4, 0.5) is 5.69 Å². The van der Waals surface area contributed by atoms with Crippen molar-refractivity contribution in [1.82, 2.24) is 4.31 Å². The molecule has 1 heterocycles. The molecule has 6 heteroatoms. The maximum absolute atomic E-state index is 13.3. The molecule has 4 nitrogen and oxygen atoms in total. The van der Waals surface area contributed by atoms with Gasteiger partial charge in [-0.05, 0) is 55.1 Å². The summed E-state index contributed by atoms with van der Waals surface area (Å²) in [5.74, 6) is 0. The van der Waals surface area contributed by atoms with Gasteiger partial charge in [-0.3, -0.25) is 0 Å². The molecule has 29 heavy (non-hydrogen) atoms. The summed E-state index contributed by atoms with van der Waals surface area (Å²) >= 11 is 1.70. The Balaban J connectivity index is 1.70. The highest BCUT2D eigenvalue weighted by Crippen LogP contribution is 2.36. The third-order valence-corrected chi connectivity index (χ3v) is 7.87. The monoisotopic (exact) mass is 424 g/mol. The van der Waals surface area contributed by atoms with E-state index in [0.29, 0.717) is 18.1 Å². The molecule has 1 aliphatic heterocycles. The second-order valence-electron chi connectivity index (χ2n) is 7.19. The van der Waals surface area contributed by atoms with Crippen LogP contribution in [0.1, 0.15) is 17.2 Å². The Morgan fingerprint density at radius 2 is 1.55 bits per heavy atom. The SMILES string of the molecule is CSc1ccc(N2CN(S(=O)(=O)c3ccc(C)cc3)CC2c2ccccc2)cc1. The Labute approximate surface area is 177 Å². The van der Waals surface area contributed by atoms with Gasteiger partial charge in [-0.1, -0.05) is 48.0 Å². The molecule has 0 radical (unpaired) electrons. The molecule has 150 valence electrons. The van der Waals surface area contributed by atoms with Gasteiger partial charge in [0, 0.05) is 17.1 Å². The molecule has 0 aliphatic carbocycles. The van der Waals surface area contributed by atoms with E-state index in [9.17, 15) is 8.42 Å². The van der Waals surface area contributed by atoms with E-state index in [1.165, 1.54) is 4.90 Å². The normalized spacial score (nSPS) is 17.6. The number of benzene rings is 3.